The predicted octanol–water partition coefficient (Wildman–Crippen LogP) is 3.55. The van der Waals surface area contributed by atoms with Crippen LogP contribution in [-0.4, -0.2) is 34.2 Å². The molecular formula is C16H14BrF3N2O4S. The highest BCUT2D eigenvalue weighted by molar-refractivity contribution is 9.10. The molecule has 0 unspecified atom stereocenters. The quantitative estimate of drug-likeness (QED) is 0.681. The highest BCUT2D eigenvalue weighted by atomic mass is 79.9. The first-order chi connectivity index (χ1) is 12.5. The van der Waals surface area contributed by atoms with Crippen molar-refractivity contribution in [2.24, 2.45) is 0 Å². The lowest BCUT2D eigenvalue weighted by Gasteiger charge is -2.12. The molecule has 2 N–H and O–H groups in total. The molecule has 0 spiro atoms. The number of sulfonamides is 1. The maximum Gasteiger partial charge on any atom is 0.405 e. The van der Waals surface area contributed by atoms with Crippen LogP contribution >= 0.6 is 15.9 Å². The molecule has 6 nitrogen and oxygen atoms in total. The molecule has 0 aliphatic rings. The number of nitrogens with one attached hydrogen (secondary N) is 2. The van der Waals surface area contributed by atoms with Crippen LogP contribution in [0.1, 0.15) is 10.4 Å². The molecule has 0 aromatic heterocycles. The van der Waals surface area contributed by atoms with Gasteiger partial charge in [-0.25, -0.2) is 8.42 Å². The van der Waals surface area contributed by atoms with Crippen LogP contribution in [0.5, 0.6) is 5.75 Å². The molecule has 2 aromatic carbocycles. The summed E-state index contributed by atoms with van der Waals surface area (Å²) < 4.78 is 69.5. The highest BCUT2D eigenvalue weighted by Crippen LogP contribution is 2.29. The van der Waals surface area contributed by atoms with Crippen LogP contribution in [-0.2, 0) is 10.0 Å². The zero-order valence-corrected chi connectivity index (χ0v) is 16.2. The summed E-state index contributed by atoms with van der Waals surface area (Å²) in [5.74, 6) is -0.530. The Bertz CT molecular complexity index is 949. The Hall–Kier alpha value is -2.27. The van der Waals surface area contributed by atoms with Crippen LogP contribution in [0.3, 0.4) is 0 Å². The SMILES string of the molecule is COc1ccc(NS(=O)(=O)c2cccc(C(=O)NCC(F)(F)F)c2)cc1Br. The van der Waals surface area contributed by atoms with Crippen molar-refractivity contribution in [1.29, 1.82) is 0 Å². The number of hydrogen-bond donors (Lipinski definition) is 2. The molecule has 2 rings (SSSR count). The van der Waals surface area contributed by atoms with E-state index in [2.05, 4.69) is 20.7 Å². The highest BCUT2D eigenvalue weighted by Gasteiger charge is 2.28. The summed E-state index contributed by atoms with van der Waals surface area (Å²) in [7, 11) is -2.61. The Morgan fingerprint density at radius 1 is 1.19 bits per heavy atom. The van der Waals surface area contributed by atoms with Gasteiger partial charge in [-0.1, -0.05) is 6.07 Å². The van der Waals surface area contributed by atoms with E-state index >= 15 is 0 Å². The molecule has 1 amide bonds. The van der Waals surface area contributed by atoms with Crippen LogP contribution in [0, 0.1) is 0 Å². The fourth-order valence-electron chi connectivity index (χ4n) is 2.03. The first kappa shape index (κ1) is 21.0. The van der Waals surface area contributed by atoms with Gasteiger partial charge in [-0.3, -0.25) is 9.52 Å². The minimum Gasteiger partial charge on any atom is -0.496 e. The van der Waals surface area contributed by atoms with E-state index in [1.54, 1.807) is 11.4 Å². The molecule has 0 saturated heterocycles. The molecule has 11 heteroatoms. The van der Waals surface area contributed by atoms with Gasteiger partial charge in [0.15, 0.2) is 0 Å². The molecule has 0 bridgehead atoms. The Morgan fingerprint density at radius 3 is 2.48 bits per heavy atom. The van der Waals surface area contributed by atoms with Gasteiger partial charge in [0.25, 0.3) is 15.9 Å². The van der Waals surface area contributed by atoms with Crippen LogP contribution in [0.15, 0.2) is 51.8 Å². The smallest absolute Gasteiger partial charge is 0.405 e. The summed E-state index contributed by atoms with van der Waals surface area (Å²) in [6.07, 6.45) is -4.57. The van der Waals surface area contributed by atoms with E-state index in [-0.39, 0.29) is 16.1 Å². The van der Waals surface area contributed by atoms with Gasteiger partial charge >= 0.3 is 6.18 Å². The number of carbonyl (C=O) groups is 1. The fraction of sp³-hybridized carbons (Fsp3) is 0.188. The molecule has 0 aliphatic carbocycles. The number of hydrogen-bond acceptors (Lipinski definition) is 4. The second-order valence-corrected chi connectivity index (χ2v) is 7.82. The lowest BCUT2D eigenvalue weighted by Crippen LogP contribution is -2.33. The third-order valence-electron chi connectivity index (χ3n) is 3.26. The van der Waals surface area contributed by atoms with Crippen molar-refractivity contribution < 1.29 is 31.1 Å². The Balaban J connectivity index is 2.21. The topological polar surface area (TPSA) is 84.5 Å². The van der Waals surface area contributed by atoms with Gasteiger partial charge in [0, 0.05) is 5.56 Å². The van der Waals surface area contributed by atoms with Crippen molar-refractivity contribution in [3.05, 3.63) is 52.5 Å². The number of rotatable bonds is 6. The Labute approximate surface area is 161 Å². The van der Waals surface area contributed by atoms with Gasteiger partial charge in [0.1, 0.15) is 12.3 Å². The van der Waals surface area contributed by atoms with E-state index in [1.165, 1.54) is 37.4 Å². The van der Waals surface area contributed by atoms with E-state index < -0.39 is 28.7 Å². The third-order valence-corrected chi connectivity index (χ3v) is 5.26. The Kier molecular flexibility index (Phi) is 6.37. The van der Waals surface area contributed by atoms with E-state index in [1.807, 2.05) is 0 Å². The molecule has 0 aliphatic heterocycles. The van der Waals surface area contributed by atoms with Crippen molar-refractivity contribution in [2.45, 2.75) is 11.1 Å². The number of carbonyl (C=O) groups excluding carboxylic acids is 1. The number of amides is 1. The molecule has 2 aromatic rings. The lowest BCUT2D eigenvalue weighted by molar-refractivity contribution is -0.123. The standard InChI is InChI=1S/C16H14BrF3N2O4S/c1-26-14-6-5-11(8-13(14)17)22-27(24,25)12-4-2-3-10(7-12)15(23)21-9-16(18,19)20/h2-8,22H,9H2,1H3,(H,21,23). The van der Waals surface area contributed by atoms with Gasteiger partial charge < -0.3 is 10.1 Å². The van der Waals surface area contributed by atoms with Gasteiger partial charge in [-0.15, -0.1) is 0 Å². The average Bonchev–Trinajstić information content (AvgIpc) is 2.59. The zero-order valence-electron chi connectivity index (χ0n) is 13.8. The van der Waals surface area contributed by atoms with E-state index in [0.29, 0.717) is 10.2 Å². The maximum atomic E-state index is 12.5. The largest absolute Gasteiger partial charge is 0.496 e. The molecule has 0 atom stereocenters. The fourth-order valence-corrected chi connectivity index (χ4v) is 3.67. The summed E-state index contributed by atoms with van der Waals surface area (Å²) >= 11 is 3.23. The molecule has 0 radical (unpaired) electrons. The number of halogens is 4. The van der Waals surface area contributed by atoms with Crippen LogP contribution < -0.4 is 14.8 Å². The van der Waals surface area contributed by atoms with E-state index in [0.717, 1.165) is 6.07 Å². The van der Waals surface area contributed by atoms with E-state index in [9.17, 15) is 26.4 Å². The summed E-state index contributed by atoms with van der Waals surface area (Å²) in [6.45, 7) is -1.51. The lowest BCUT2D eigenvalue weighted by atomic mass is 10.2. The Morgan fingerprint density at radius 2 is 1.89 bits per heavy atom. The second kappa shape index (κ2) is 8.17. The van der Waals surface area contributed by atoms with Crippen LogP contribution in [0.25, 0.3) is 0 Å². The molecule has 0 heterocycles. The number of methoxy groups -OCH3 is 1. The monoisotopic (exact) mass is 466 g/mol. The maximum absolute atomic E-state index is 12.5. The van der Waals surface area contributed by atoms with Crippen molar-refractivity contribution in [3.8, 4) is 5.75 Å². The summed E-state index contributed by atoms with van der Waals surface area (Å²) in [4.78, 5) is 11.5. The number of anilines is 1. The minimum absolute atomic E-state index is 0.210. The van der Waals surface area contributed by atoms with Gasteiger partial charge in [-0.05, 0) is 52.3 Å². The molecular weight excluding hydrogens is 453 g/mol. The van der Waals surface area contributed by atoms with Crippen LogP contribution in [0.4, 0.5) is 18.9 Å². The first-order valence-corrected chi connectivity index (χ1v) is 9.61. The molecule has 0 fully saturated rings. The van der Waals surface area contributed by atoms with Crippen molar-refractivity contribution in [2.75, 3.05) is 18.4 Å². The molecule has 146 valence electrons. The number of benzene rings is 2. The summed E-state index contributed by atoms with van der Waals surface area (Å²) in [5, 5.41) is 1.69. The minimum atomic E-state index is -4.57. The molecule has 0 saturated carbocycles. The summed E-state index contributed by atoms with van der Waals surface area (Å²) in [6, 6.07) is 9.20. The van der Waals surface area contributed by atoms with Gasteiger partial charge in [0.2, 0.25) is 0 Å². The normalized spacial score (nSPS) is 11.7. The van der Waals surface area contributed by atoms with Gasteiger partial charge in [-0.2, -0.15) is 13.2 Å². The zero-order chi connectivity index (χ0) is 20.2. The van der Waals surface area contributed by atoms with E-state index in [4.69, 9.17) is 4.74 Å². The number of ether oxygens (including phenoxy) is 1. The predicted molar refractivity (Wildman–Crippen MR) is 96.3 cm³/mol. The van der Waals surface area contributed by atoms with Crippen LogP contribution in [0.2, 0.25) is 0 Å². The van der Waals surface area contributed by atoms with Crippen molar-refractivity contribution >= 4 is 37.5 Å². The average molecular weight is 467 g/mol. The van der Waals surface area contributed by atoms with Crippen molar-refractivity contribution in [3.63, 3.8) is 0 Å². The summed E-state index contributed by atoms with van der Waals surface area (Å²) in [5.41, 5.74) is 0.0210. The van der Waals surface area contributed by atoms with Crippen molar-refractivity contribution in [1.82, 2.24) is 5.32 Å². The third kappa shape index (κ3) is 5.86. The van der Waals surface area contributed by atoms with Gasteiger partial charge in [0.05, 0.1) is 22.2 Å². The molecule has 27 heavy (non-hydrogen) atoms. The second-order valence-electron chi connectivity index (χ2n) is 5.28. The number of alkyl halides is 3. The first-order valence-electron chi connectivity index (χ1n) is 7.33.